The number of nitrogens with one attached hydrogen (secondary N) is 1. The molecule has 1 aliphatic rings. The average Bonchev–Trinajstić information content (AvgIpc) is 2.72. The normalized spacial score (nSPS) is 22.1. The topological polar surface area (TPSA) is 42.2 Å². The molecule has 0 aromatic carbocycles. The fourth-order valence-corrected chi connectivity index (χ4v) is 1.93. The van der Waals surface area contributed by atoms with Gasteiger partial charge >= 0.3 is 0 Å². The molecule has 1 aromatic heterocycles. The Bertz CT molecular complexity index is 315. The Kier molecular flexibility index (Phi) is 2.51. The van der Waals surface area contributed by atoms with Crippen LogP contribution in [0.2, 0.25) is 0 Å². The highest BCUT2D eigenvalue weighted by Crippen LogP contribution is 2.21. The van der Waals surface area contributed by atoms with E-state index in [1.54, 1.807) is 6.07 Å². The van der Waals surface area contributed by atoms with Gasteiger partial charge in [-0.05, 0) is 41.4 Å². The number of rotatable bonds is 2. The second-order valence-corrected chi connectivity index (χ2v) is 3.97. The fourth-order valence-electron chi connectivity index (χ4n) is 1.54. The van der Waals surface area contributed by atoms with E-state index < -0.39 is 0 Å². The summed E-state index contributed by atoms with van der Waals surface area (Å²) in [4.78, 5) is 11.7. The van der Waals surface area contributed by atoms with Crippen molar-refractivity contribution in [2.45, 2.75) is 18.9 Å². The molecule has 1 aliphatic heterocycles. The van der Waals surface area contributed by atoms with Crippen molar-refractivity contribution in [3.8, 4) is 0 Å². The Morgan fingerprint density at radius 1 is 1.69 bits per heavy atom. The molecule has 0 radical (unpaired) electrons. The van der Waals surface area contributed by atoms with Crippen LogP contribution >= 0.6 is 15.9 Å². The smallest absolute Gasteiger partial charge is 0.215 e. The lowest BCUT2D eigenvalue weighted by molar-refractivity contribution is 0.0923. The maximum absolute atomic E-state index is 11.7. The minimum atomic E-state index is -0.0533. The molecule has 4 heteroatoms. The van der Waals surface area contributed by atoms with Crippen LogP contribution in [0, 0.1) is 0 Å². The van der Waals surface area contributed by atoms with E-state index in [1.807, 2.05) is 0 Å². The number of carbonyl (C=O) groups excluding carboxylic acids is 1. The van der Waals surface area contributed by atoms with E-state index in [0.29, 0.717) is 5.76 Å². The maximum atomic E-state index is 11.7. The van der Waals surface area contributed by atoms with Crippen LogP contribution in [0.4, 0.5) is 0 Å². The van der Waals surface area contributed by atoms with Gasteiger partial charge in [0.15, 0.2) is 5.76 Å². The predicted molar refractivity (Wildman–Crippen MR) is 51.8 cm³/mol. The number of halogens is 1. The van der Waals surface area contributed by atoms with Crippen LogP contribution in [-0.4, -0.2) is 18.4 Å². The molecule has 13 heavy (non-hydrogen) atoms. The fraction of sp³-hybridized carbons (Fsp3) is 0.444. The van der Waals surface area contributed by atoms with Gasteiger partial charge in [0.1, 0.15) is 0 Å². The first kappa shape index (κ1) is 8.97. The van der Waals surface area contributed by atoms with E-state index in [-0.39, 0.29) is 11.8 Å². The zero-order valence-electron chi connectivity index (χ0n) is 7.05. The van der Waals surface area contributed by atoms with Crippen molar-refractivity contribution in [3.05, 3.63) is 22.6 Å². The van der Waals surface area contributed by atoms with Gasteiger partial charge in [0.2, 0.25) is 5.78 Å². The molecule has 0 saturated carbocycles. The highest BCUT2D eigenvalue weighted by Gasteiger charge is 2.26. The summed E-state index contributed by atoms with van der Waals surface area (Å²) in [6.45, 7) is 0.925. The molecule has 0 spiro atoms. The van der Waals surface area contributed by atoms with Crippen LogP contribution in [0.3, 0.4) is 0 Å². The summed E-state index contributed by atoms with van der Waals surface area (Å²) < 4.78 is 5.84. The van der Waals surface area contributed by atoms with Crippen molar-refractivity contribution in [1.29, 1.82) is 0 Å². The van der Waals surface area contributed by atoms with Crippen LogP contribution in [0.5, 0.6) is 0 Å². The van der Waals surface area contributed by atoms with Crippen molar-refractivity contribution in [1.82, 2.24) is 5.32 Å². The van der Waals surface area contributed by atoms with E-state index in [0.717, 1.165) is 23.9 Å². The molecule has 1 fully saturated rings. The molecule has 0 amide bonds. The first-order valence-corrected chi connectivity index (χ1v) is 5.09. The Morgan fingerprint density at radius 2 is 2.54 bits per heavy atom. The van der Waals surface area contributed by atoms with Crippen LogP contribution < -0.4 is 5.32 Å². The van der Waals surface area contributed by atoms with Crippen molar-refractivity contribution in [2.75, 3.05) is 6.54 Å². The number of ketones is 1. The standard InChI is InChI=1S/C9H10BrNO2/c10-6-3-5-13-9(6)8(12)7-2-1-4-11-7/h3,5,7,11H,1-2,4H2. The van der Waals surface area contributed by atoms with Gasteiger partial charge in [0.25, 0.3) is 0 Å². The zero-order chi connectivity index (χ0) is 9.26. The Labute approximate surface area is 84.6 Å². The summed E-state index contributed by atoms with van der Waals surface area (Å²) >= 11 is 3.27. The minimum absolute atomic E-state index is 0.0503. The highest BCUT2D eigenvalue weighted by molar-refractivity contribution is 9.10. The van der Waals surface area contributed by atoms with Gasteiger partial charge in [-0.1, -0.05) is 0 Å². The summed E-state index contributed by atoms with van der Waals surface area (Å²) in [5, 5.41) is 3.14. The lowest BCUT2D eigenvalue weighted by atomic mass is 10.1. The number of hydrogen-bond acceptors (Lipinski definition) is 3. The molecule has 1 saturated heterocycles. The molecule has 1 atom stereocenters. The molecular weight excluding hydrogens is 234 g/mol. The molecule has 2 rings (SSSR count). The van der Waals surface area contributed by atoms with E-state index >= 15 is 0 Å². The first-order chi connectivity index (χ1) is 6.29. The summed E-state index contributed by atoms with van der Waals surface area (Å²) in [6, 6.07) is 1.68. The molecule has 70 valence electrons. The Hall–Kier alpha value is -0.610. The third kappa shape index (κ3) is 1.69. The molecule has 1 aromatic rings. The largest absolute Gasteiger partial charge is 0.460 e. The number of carbonyl (C=O) groups is 1. The van der Waals surface area contributed by atoms with Crippen molar-refractivity contribution in [3.63, 3.8) is 0 Å². The number of Topliss-reactive ketones (excluding diaryl/α,β-unsaturated/α-hetero) is 1. The quantitative estimate of drug-likeness (QED) is 0.809. The lowest BCUT2D eigenvalue weighted by Crippen LogP contribution is -2.30. The molecule has 0 bridgehead atoms. The molecule has 2 heterocycles. The zero-order valence-corrected chi connectivity index (χ0v) is 8.63. The SMILES string of the molecule is O=C(c1occc1Br)C1CCCN1. The lowest BCUT2D eigenvalue weighted by Gasteiger charge is -2.05. The van der Waals surface area contributed by atoms with Gasteiger partial charge in [-0.3, -0.25) is 4.79 Å². The average molecular weight is 244 g/mol. The summed E-state index contributed by atoms with van der Waals surface area (Å²) in [5.74, 6) is 0.480. The maximum Gasteiger partial charge on any atom is 0.215 e. The summed E-state index contributed by atoms with van der Waals surface area (Å²) in [5.41, 5.74) is 0. The number of furan rings is 1. The molecule has 1 N–H and O–H groups in total. The third-order valence-corrected chi connectivity index (χ3v) is 2.84. The molecule has 3 nitrogen and oxygen atoms in total. The van der Waals surface area contributed by atoms with Crippen molar-refractivity contribution in [2.24, 2.45) is 0 Å². The van der Waals surface area contributed by atoms with E-state index in [2.05, 4.69) is 21.2 Å². The van der Waals surface area contributed by atoms with Gasteiger partial charge in [-0.15, -0.1) is 0 Å². The second kappa shape index (κ2) is 3.64. The first-order valence-electron chi connectivity index (χ1n) is 4.29. The monoisotopic (exact) mass is 243 g/mol. The summed E-state index contributed by atoms with van der Waals surface area (Å²) in [6.07, 6.45) is 3.49. The van der Waals surface area contributed by atoms with Gasteiger partial charge in [0, 0.05) is 0 Å². The molecule has 0 aliphatic carbocycles. The van der Waals surface area contributed by atoms with Crippen molar-refractivity contribution < 1.29 is 9.21 Å². The van der Waals surface area contributed by atoms with Gasteiger partial charge in [-0.2, -0.15) is 0 Å². The Morgan fingerprint density at radius 3 is 3.08 bits per heavy atom. The summed E-state index contributed by atoms with van der Waals surface area (Å²) in [7, 11) is 0. The predicted octanol–water partition coefficient (Wildman–Crippen LogP) is 1.98. The van der Waals surface area contributed by atoms with Crippen molar-refractivity contribution >= 4 is 21.7 Å². The highest BCUT2D eigenvalue weighted by atomic mass is 79.9. The number of hydrogen-bond donors (Lipinski definition) is 1. The minimum Gasteiger partial charge on any atom is -0.460 e. The third-order valence-electron chi connectivity index (χ3n) is 2.22. The van der Waals surface area contributed by atoms with E-state index in [9.17, 15) is 4.79 Å². The van der Waals surface area contributed by atoms with Gasteiger partial charge < -0.3 is 9.73 Å². The van der Waals surface area contributed by atoms with E-state index in [1.165, 1.54) is 6.26 Å². The van der Waals surface area contributed by atoms with Crippen LogP contribution in [-0.2, 0) is 0 Å². The molecule has 1 unspecified atom stereocenters. The second-order valence-electron chi connectivity index (χ2n) is 3.11. The van der Waals surface area contributed by atoms with E-state index in [4.69, 9.17) is 4.42 Å². The van der Waals surface area contributed by atoms with Gasteiger partial charge in [-0.25, -0.2) is 0 Å². The van der Waals surface area contributed by atoms with Gasteiger partial charge in [0.05, 0.1) is 16.8 Å². The van der Waals surface area contributed by atoms with Crippen LogP contribution in [0.15, 0.2) is 21.2 Å². The van der Waals surface area contributed by atoms with Crippen LogP contribution in [0.1, 0.15) is 23.4 Å². The Balaban J connectivity index is 2.17. The molecular formula is C9H10BrNO2. The van der Waals surface area contributed by atoms with Crippen LogP contribution in [0.25, 0.3) is 0 Å².